The third-order valence-electron chi connectivity index (χ3n) is 3.50. The van der Waals surface area contributed by atoms with Gasteiger partial charge in [0.25, 0.3) is 0 Å². The first-order chi connectivity index (χ1) is 10.8. The summed E-state index contributed by atoms with van der Waals surface area (Å²) >= 11 is 4.14. The Morgan fingerprint density at radius 1 is 1.00 bits per heavy atom. The van der Waals surface area contributed by atoms with Gasteiger partial charge in [-0.2, -0.15) is 4.57 Å². The van der Waals surface area contributed by atoms with Crippen molar-refractivity contribution in [2.75, 3.05) is 5.94 Å². The highest BCUT2D eigenvalue weighted by molar-refractivity contribution is 7.80. The maximum absolute atomic E-state index is 12.4. The van der Waals surface area contributed by atoms with Gasteiger partial charge in [0.15, 0.2) is 6.20 Å². The number of rotatable bonds is 5. The molecule has 0 amide bonds. The molecule has 0 saturated heterocycles. The lowest BCUT2D eigenvalue weighted by atomic mass is 10.1. The van der Waals surface area contributed by atoms with E-state index in [-0.39, 0.29) is 18.3 Å². The number of benzene rings is 2. The quantitative estimate of drug-likeness (QED) is 0.339. The molecule has 110 valence electrons. The van der Waals surface area contributed by atoms with Crippen LogP contribution in [0.15, 0.2) is 66.9 Å². The van der Waals surface area contributed by atoms with Crippen molar-refractivity contribution in [2.24, 2.45) is 0 Å². The molecule has 0 aliphatic carbocycles. The van der Waals surface area contributed by atoms with Gasteiger partial charge in [-0.25, -0.2) is 0 Å². The van der Waals surface area contributed by atoms with Crippen LogP contribution in [0.5, 0.6) is 5.88 Å². The van der Waals surface area contributed by atoms with Crippen LogP contribution >= 0.6 is 12.6 Å². The van der Waals surface area contributed by atoms with Gasteiger partial charge in [-0.3, -0.25) is 4.79 Å². The summed E-state index contributed by atoms with van der Waals surface area (Å²) in [6.07, 6.45) is 1.88. The highest BCUT2D eigenvalue weighted by Crippen LogP contribution is 2.21. The number of aromatic nitrogens is 1. The fraction of sp³-hybridized carbons (Fsp3) is 0.111. The number of ether oxygens (including phenoxy) is 1. The molecule has 22 heavy (non-hydrogen) atoms. The predicted octanol–water partition coefficient (Wildman–Crippen LogP) is 3.28. The number of Topliss-reactive ketones (excluding diaryl/α,β-unsaturated/α-hetero) is 1. The van der Waals surface area contributed by atoms with Crippen LogP contribution in [0.3, 0.4) is 0 Å². The molecule has 0 bridgehead atoms. The zero-order chi connectivity index (χ0) is 15.4. The van der Waals surface area contributed by atoms with E-state index in [9.17, 15) is 4.79 Å². The molecule has 0 aliphatic heterocycles. The maximum atomic E-state index is 12.4. The topological polar surface area (TPSA) is 30.2 Å². The summed E-state index contributed by atoms with van der Waals surface area (Å²) in [4.78, 5) is 12.4. The van der Waals surface area contributed by atoms with E-state index in [1.54, 1.807) is 0 Å². The van der Waals surface area contributed by atoms with Gasteiger partial charge in [0.2, 0.25) is 12.3 Å². The van der Waals surface area contributed by atoms with Gasteiger partial charge in [-0.1, -0.05) is 48.5 Å². The largest absolute Gasteiger partial charge is 0.433 e. The summed E-state index contributed by atoms with van der Waals surface area (Å²) in [5, 5.41) is 2.04. The Balaban J connectivity index is 1.99. The molecule has 0 unspecified atom stereocenters. The Kier molecular flexibility index (Phi) is 4.39. The van der Waals surface area contributed by atoms with Gasteiger partial charge in [0, 0.05) is 11.6 Å². The molecule has 0 atom stereocenters. The summed E-state index contributed by atoms with van der Waals surface area (Å²) in [5.41, 5.74) is 0.694. The highest BCUT2D eigenvalue weighted by atomic mass is 32.1. The Morgan fingerprint density at radius 3 is 2.50 bits per heavy atom. The van der Waals surface area contributed by atoms with Crippen molar-refractivity contribution in [3.63, 3.8) is 0 Å². The Hall–Kier alpha value is -2.33. The molecule has 0 fully saturated rings. The molecule has 1 aromatic heterocycles. The lowest BCUT2D eigenvalue weighted by molar-refractivity contribution is -0.686. The zero-order valence-electron chi connectivity index (χ0n) is 12.0. The Bertz CT molecular complexity index is 803. The molecule has 4 heteroatoms. The molecule has 0 radical (unpaired) electrons. The van der Waals surface area contributed by atoms with Crippen molar-refractivity contribution in [1.82, 2.24) is 0 Å². The normalized spacial score (nSPS) is 10.6. The average Bonchev–Trinajstić information content (AvgIpc) is 2.58. The third-order valence-corrected chi connectivity index (χ3v) is 3.63. The van der Waals surface area contributed by atoms with Crippen molar-refractivity contribution in [1.29, 1.82) is 0 Å². The highest BCUT2D eigenvalue weighted by Gasteiger charge is 2.20. The van der Waals surface area contributed by atoms with Gasteiger partial charge in [0.1, 0.15) is 5.94 Å². The van der Waals surface area contributed by atoms with E-state index in [2.05, 4.69) is 12.6 Å². The molecule has 1 heterocycles. The number of pyridine rings is 1. The number of carbonyl (C=O) groups is 1. The second kappa shape index (κ2) is 6.62. The Labute approximate surface area is 134 Å². The van der Waals surface area contributed by atoms with Crippen molar-refractivity contribution >= 4 is 29.2 Å². The molecule has 0 saturated carbocycles. The molecule has 0 N–H and O–H groups in total. The minimum atomic E-state index is 0.0462. The van der Waals surface area contributed by atoms with Crippen LogP contribution < -0.4 is 9.30 Å². The smallest absolute Gasteiger partial charge is 0.377 e. The summed E-state index contributed by atoms with van der Waals surface area (Å²) in [6.45, 7) is 0.234. The maximum Gasteiger partial charge on any atom is 0.377 e. The number of fused-ring (bicyclic) bond motifs is 1. The lowest BCUT2D eigenvalue weighted by Crippen LogP contribution is -2.39. The van der Waals surface area contributed by atoms with E-state index in [4.69, 9.17) is 4.74 Å². The van der Waals surface area contributed by atoms with Crippen molar-refractivity contribution < 1.29 is 14.1 Å². The Morgan fingerprint density at radius 2 is 1.73 bits per heavy atom. The SMILES string of the molecule is O=C(C[n+]1ccc2ccccc2c1OCS)c1ccccc1. The first-order valence-electron chi connectivity index (χ1n) is 7.02. The number of carbonyl (C=O) groups excluding carboxylic acids is 1. The lowest BCUT2D eigenvalue weighted by Gasteiger charge is -2.07. The second-order valence-corrected chi connectivity index (χ2v) is 5.16. The van der Waals surface area contributed by atoms with E-state index < -0.39 is 0 Å². The van der Waals surface area contributed by atoms with Crippen LogP contribution in [0, 0.1) is 0 Å². The zero-order valence-corrected chi connectivity index (χ0v) is 12.9. The van der Waals surface area contributed by atoms with Crippen LogP contribution in [0.4, 0.5) is 0 Å². The summed E-state index contributed by atoms with van der Waals surface area (Å²) in [7, 11) is 0. The number of nitrogens with zero attached hydrogens (tertiary/aromatic N) is 1. The van der Waals surface area contributed by atoms with Gasteiger partial charge in [-0.05, 0) is 11.5 Å². The molecule has 3 nitrogen and oxygen atoms in total. The first kappa shape index (κ1) is 14.6. The third kappa shape index (κ3) is 2.97. The summed E-state index contributed by atoms with van der Waals surface area (Å²) in [6, 6.07) is 19.2. The van der Waals surface area contributed by atoms with E-state index in [1.807, 2.05) is 71.4 Å². The predicted molar refractivity (Wildman–Crippen MR) is 89.4 cm³/mol. The molecule has 3 rings (SSSR count). The van der Waals surface area contributed by atoms with Gasteiger partial charge in [-0.15, -0.1) is 12.6 Å². The van der Waals surface area contributed by atoms with E-state index in [0.717, 1.165) is 10.8 Å². The molecular weight excluding hydrogens is 294 g/mol. The average molecular weight is 310 g/mol. The minimum absolute atomic E-state index is 0.0462. The molecule has 2 aromatic carbocycles. The number of hydrogen-bond acceptors (Lipinski definition) is 3. The van der Waals surface area contributed by atoms with E-state index in [0.29, 0.717) is 11.4 Å². The van der Waals surface area contributed by atoms with Gasteiger partial charge >= 0.3 is 5.88 Å². The number of hydrogen-bond donors (Lipinski definition) is 1. The monoisotopic (exact) mass is 310 g/mol. The van der Waals surface area contributed by atoms with Crippen LogP contribution in [0.25, 0.3) is 10.8 Å². The number of ketones is 1. The van der Waals surface area contributed by atoms with Crippen molar-refractivity contribution in [3.05, 3.63) is 72.4 Å². The number of thiol groups is 1. The van der Waals surface area contributed by atoms with Crippen LogP contribution in [0.2, 0.25) is 0 Å². The van der Waals surface area contributed by atoms with Crippen molar-refractivity contribution in [3.8, 4) is 5.88 Å². The molecule has 3 aromatic rings. The van der Waals surface area contributed by atoms with Gasteiger partial charge < -0.3 is 4.74 Å². The minimum Gasteiger partial charge on any atom is -0.433 e. The second-order valence-electron chi connectivity index (χ2n) is 4.90. The molecule has 0 aliphatic rings. The molecule has 0 spiro atoms. The van der Waals surface area contributed by atoms with Crippen molar-refractivity contribution in [2.45, 2.75) is 6.54 Å². The van der Waals surface area contributed by atoms with E-state index >= 15 is 0 Å². The van der Waals surface area contributed by atoms with Crippen LogP contribution in [0.1, 0.15) is 10.4 Å². The standard InChI is InChI=1S/C18H15NO2S/c20-17(15-7-2-1-3-8-15)12-19-11-10-14-6-4-5-9-16(14)18(19)21-13-22/h1-11H,12-13H2/p+1. The fourth-order valence-electron chi connectivity index (χ4n) is 2.45. The fourth-order valence-corrected chi connectivity index (χ4v) is 2.57. The van der Waals surface area contributed by atoms with Crippen LogP contribution in [-0.4, -0.2) is 11.7 Å². The van der Waals surface area contributed by atoms with Crippen LogP contribution in [-0.2, 0) is 6.54 Å². The molecular formula is C18H16NO2S+. The first-order valence-corrected chi connectivity index (χ1v) is 7.66. The summed E-state index contributed by atoms with van der Waals surface area (Å²) < 4.78 is 7.49. The van der Waals surface area contributed by atoms with E-state index in [1.165, 1.54) is 0 Å². The summed E-state index contributed by atoms with van der Waals surface area (Å²) in [5.74, 6) is 0.968. The van der Waals surface area contributed by atoms with Gasteiger partial charge in [0.05, 0.1) is 5.39 Å².